The number of alkyl halides is 3. The van der Waals surface area contributed by atoms with Gasteiger partial charge in [0.15, 0.2) is 3.79 Å². The third kappa shape index (κ3) is 3.47. The predicted octanol–water partition coefficient (Wildman–Crippen LogP) is 3.63. The summed E-state index contributed by atoms with van der Waals surface area (Å²) in [5, 5.41) is 9.33. The number of rotatable bonds is 2. The van der Waals surface area contributed by atoms with Gasteiger partial charge in [0.25, 0.3) is 0 Å². The first-order chi connectivity index (χ1) is 6.37. The van der Waals surface area contributed by atoms with E-state index in [1.807, 2.05) is 25.2 Å². The smallest absolute Gasteiger partial charge is 0.191 e. The van der Waals surface area contributed by atoms with Crippen molar-refractivity contribution in [3.63, 3.8) is 0 Å². The minimum atomic E-state index is -1.31. The first-order valence-electron chi connectivity index (χ1n) is 4.40. The molecular formula is C10H13Cl3O. The van der Waals surface area contributed by atoms with Gasteiger partial charge in [0.2, 0.25) is 0 Å². The molecule has 0 aromatic carbocycles. The van der Waals surface area contributed by atoms with Crippen molar-refractivity contribution in [1.82, 2.24) is 0 Å². The summed E-state index contributed by atoms with van der Waals surface area (Å²) in [4.78, 5) is 0. The fourth-order valence-corrected chi connectivity index (χ4v) is 2.31. The molecule has 0 amide bonds. The number of hydrogen-bond donors (Lipinski definition) is 1. The normalized spacial score (nSPS) is 27.6. The maximum absolute atomic E-state index is 9.33. The lowest BCUT2D eigenvalue weighted by atomic mass is 9.78. The zero-order valence-electron chi connectivity index (χ0n) is 7.93. The van der Waals surface area contributed by atoms with Gasteiger partial charge in [-0.1, -0.05) is 58.6 Å². The van der Waals surface area contributed by atoms with Crippen LogP contribution in [0.5, 0.6) is 0 Å². The van der Waals surface area contributed by atoms with Gasteiger partial charge < -0.3 is 5.11 Å². The standard InChI is InChI=1S/C10H13Cl3O/c1-8-2-4-9(7-14,5-3-8)6-10(11,12)13/h2-4,14H,5-7H2,1H3. The Bertz CT molecular complexity index is 265. The third-order valence-electron chi connectivity index (χ3n) is 2.40. The van der Waals surface area contributed by atoms with Crippen molar-refractivity contribution < 1.29 is 5.11 Å². The number of allylic oxidation sites excluding steroid dienone is 3. The minimum Gasteiger partial charge on any atom is -0.395 e. The fraction of sp³-hybridized carbons (Fsp3) is 0.600. The highest BCUT2D eigenvalue weighted by molar-refractivity contribution is 6.67. The van der Waals surface area contributed by atoms with Crippen LogP contribution in [0.4, 0.5) is 0 Å². The van der Waals surface area contributed by atoms with Gasteiger partial charge in [-0.05, 0) is 13.3 Å². The van der Waals surface area contributed by atoms with Crippen molar-refractivity contribution in [3.05, 3.63) is 23.8 Å². The van der Waals surface area contributed by atoms with Crippen LogP contribution in [0.15, 0.2) is 23.8 Å². The molecule has 0 heterocycles. The van der Waals surface area contributed by atoms with E-state index in [4.69, 9.17) is 34.8 Å². The van der Waals surface area contributed by atoms with Crippen LogP contribution in [0.25, 0.3) is 0 Å². The summed E-state index contributed by atoms with van der Waals surface area (Å²) in [7, 11) is 0. The molecule has 1 unspecified atom stereocenters. The Kier molecular flexibility index (Phi) is 3.93. The van der Waals surface area contributed by atoms with Gasteiger partial charge in [-0.2, -0.15) is 0 Å². The van der Waals surface area contributed by atoms with Gasteiger partial charge in [0.05, 0.1) is 6.61 Å². The van der Waals surface area contributed by atoms with Crippen LogP contribution in [0.2, 0.25) is 0 Å². The zero-order chi connectivity index (χ0) is 10.8. The van der Waals surface area contributed by atoms with E-state index < -0.39 is 9.21 Å². The predicted molar refractivity (Wildman–Crippen MR) is 61.9 cm³/mol. The molecule has 1 rings (SSSR count). The molecule has 1 N–H and O–H groups in total. The van der Waals surface area contributed by atoms with E-state index in [0.29, 0.717) is 6.42 Å². The fourth-order valence-electron chi connectivity index (χ4n) is 1.51. The average molecular weight is 256 g/mol. The second-order valence-electron chi connectivity index (χ2n) is 3.80. The van der Waals surface area contributed by atoms with Crippen molar-refractivity contribution in [3.8, 4) is 0 Å². The molecule has 0 fully saturated rings. The maximum atomic E-state index is 9.33. The molecule has 0 aromatic rings. The number of halogens is 3. The van der Waals surface area contributed by atoms with Gasteiger partial charge in [-0.3, -0.25) is 0 Å². The molecule has 1 aliphatic carbocycles. The van der Waals surface area contributed by atoms with Crippen LogP contribution >= 0.6 is 34.8 Å². The van der Waals surface area contributed by atoms with Crippen molar-refractivity contribution in [2.45, 2.75) is 23.6 Å². The second-order valence-corrected chi connectivity index (χ2v) is 6.31. The topological polar surface area (TPSA) is 20.2 Å². The van der Waals surface area contributed by atoms with Crippen LogP contribution in [0, 0.1) is 5.41 Å². The molecular weight excluding hydrogens is 242 g/mol. The van der Waals surface area contributed by atoms with Crippen molar-refractivity contribution in [1.29, 1.82) is 0 Å². The molecule has 80 valence electrons. The molecule has 0 bridgehead atoms. The molecule has 0 aliphatic heterocycles. The van der Waals surface area contributed by atoms with E-state index in [0.717, 1.165) is 6.42 Å². The lowest BCUT2D eigenvalue weighted by Crippen LogP contribution is -2.29. The van der Waals surface area contributed by atoms with Gasteiger partial charge in [0.1, 0.15) is 0 Å². The SMILES string of the molecule is CC1=CCC(CO)(CC(Cl)(Cl)Cl)C=C1. The lowest BCUT2D eigenvalue weighted by molar-refractivity contribution is 0.161. The molecule has 1 atom stereocenters. The number of aliphatic hydroxyl groups is 1. The Morgan fingerprint density at radius 1 is 1.50 bits per heavy atom. The second kappa shape index (κ2) is 4.44. The van der Waals surface area contributed by atoms with Crippen molar-refractivity contribution >= 4 is 34.8 Å². The average Bonchev–Trinajstić information content (AvgIpc) is 2.07. The monoisotopic (exact) mass is 254 g/mol. The summed E-state index contributed by atoms with van der Waals surface area (Å²) < 4.78 is -1.31. The van der Waals surface area contributed by atoms with Crippen LogP contribution in [-0.4, -0.2) is 15.5 Å². The highest BCUT2D eigenvalue weighted by Crippen LogP contribution is 2.43. The Morgan fingerprint density at radius 3 is 2.50 bits per heavy atom. The molecule has 0 saturated carbocycles. The van der Waals surface area contributed by atoms with Gasteiger partial charge >= 0.3 is 0 Å². The first kappa shape index (κ1) is 12.4. The van der Waals surface area contributed by atoms with Gasteiger partial charge in [0, 0.05) is 11.8 Å². The molecule has 0 saturated heterocycles. The van der Waals surface area contributed by atoms with Crippen LogP contribution < -0.4 is 0 Å². The summed E-state index contributed by atoms with van der Waals surface area (Å²) in [6, 6.07) is 0. The number of hydrogen-bond acceptors (Lipinski definition) is 1. The van der Waals surface area contributed by atoms with Gasteiger partial charge in [-0.25, -0.2) is 0 Å². The lowest BCUT2D eigenvalue weighted by Gasteiger charge is -2.32. The first-order valence-corrected chi connectivity index (χ1v) is 5.54. The summed E-state index contributed by atoms with van der Waals surface area (Å²) >= 11 is 17.2. The molecule has 0 radical (unpaired) electrons. The summed E-state index contributed by atoms with van der Waals surface area (Å²) in [6.07, 6.45) is 6.99. The Balaban J connectivity index is 2.76. The summed E-state index contributed by atoms with van der Waals surface area (Å²) in [6.45, 7) is 2.01. The Hall–Kier alpha value is 0.310. The molecule has 1 nitrogen and oxygen atoms in total. The summed E-state index contributed by atoms with van der Waals surface area (Å²) in [5.74, 6) is 0. The molecule has 1 aliphatic rings. The van der Waals surface area contributed by atoms with E-state index in [2.05, 4.69) is 0 Å². The van der Waals surface area contributed by atoms with Crippen LogP contribution in [0.3, 0.4) is 0 Å². The van der Waals surface area contributed by atoms with E-state index in [9.17, 15) is 5.11 Å². The quantitative estimate of drug-likeness (QED) is 0.747. The molecule has 0 aromatic heterocycles. The molecule has 14 heavy (non-hydrogen) atoms. The molecule has 4 heteroatoms. The molecule has 0 spiro atoms. The Labute approximate surface area is 99.3 Å². The maximum Gasteiger partial charge on any atom is 0.191 e. The zero-order valence-corrected chi connectivity index (χ0v) is 10.2. The van der Waals surface area contributed by atoms with Crippen LogP contribution in [0.1, 0.15) is 19.8 Å². The van der Waals surface area contributed by atoms with E-state index in [1.54, 1.807) is 0 Å². The van der Waals surface area contributed by atoms with Crippen LogP contribution in [-0.2, 0) is 0 Å². The van der Waals surface area contributed by atoms with E-state index in [-0.39, 0.29) is 6.61 Å². The van der Waals surface area contributed by atoms with Gasteiger partial charge in [-0.15, -0.1) is 0 Å². The van der Waals surface area contributed by atoms with E-state index in [1.165, 1.54) is 5.57 Å². The minimum absolute atomic E-state index is 0.00118. The highest BCUT2D eigenvalue weighted by Gasteiger charge is 2.36. The van der Waals surface area contributed by atoms with Crippen molar-refractivity contribution in [2.75, 3.05) is 6.61 Å². The summed E-state index contributed by atoms with van der Waals surface area (Å²) in [5.41, 5.74) is 0.767. The Morgan fingerprint density at radius 2 is 2.14 bits per heavy atom. The van der Waals surface area contributed by atoms with Crippen molar-refractivity contribution in [2.24, 2.45) is 5.41 Å². The third-order valence-corrected chi connectivity index (χ3v) is 2.80. The number of aliphatic hydroxyl groups excluding tert-OH is 1. The largest absolute Gasteiger partial charge is 0.395 e. The van der Waals surface area contributed by atoms with E-state index >= 15 is 0 Å². The highest BCUT2D eigenvalue weighted by atomic mass is 35.6.